The van der Waals surface area contributed by atoms with Gasteiger partial charge in [-0.05, 0) is 19.1 Å². The normalized spacial score (nSPS) is 11.2. The first-order valence-electron chi connectivity index (χ1n) is 5.62. The Labute approximate surface area is 102 Å². The van der Waals surface area contributed by atoms with E-state index in [0.29, 0.717) is 11.3 Å². The van der Waals surface area contributed by atoms with E-state index in [1.807, 2.05) is 24.3 Å². The molecule has 2 heterocycles. The van der Waals surface area contributed by atoms with Crippen LogP contribution in [-0.2, 0) is 7.05 Å². The first-order valence-corrected chi connectivity index (χ1v) is 5.62. The molecule has 0 unspecified atom stereocenters. The molecule has 0 saturated carbocycles. The Morgan fingerprint density at radius 3 is 2.67 bits per heavy atom. The zero-order valence-electron chi connectivity index (χ0n) is 10.1. The molecule has 0 bridgehead atoms. The van der Waals surface area contributed by atoms with Gasteiger partial charge in [0.15, 0.2) is 11.0 Å². The Bertz CT molecular complexity index is 887. The number of nitrogens with zero attached hydrogens (tertiary/aromatic N) is 1. The Morgan fingerprint density at radius 2 is 1.89 bits per heavy atom. The first-order chi connectivity index (χ1) is 8.59. The van der Waals surface area contributed by atoms with Crippen molar-refractivity contribution in [3.63, 3.8) is 0 Å². The van der Waals surface area contributed by atoms with Gasteiger partial charge in [-0.2, -0.15) is 0 Å². The van der Waals surface area contributed by atoms with Crippen molar-refractivity contribution in [2.45, 2.75) is 6.92 Å². The smallest absolute Gasteiger partial charge is 0.265 e. The van der Waals surface area contributed by atoms with Gasteiger partial charge in [0.2, 0.25) is 0 Å². The highest BCUT2D eigenvalue weighted by molar-refractivity contribution is 6.01. The number of benzene rings is 1. The number of para-hydroxylation sites is 1. The number of pyridine rings is 1. The predicted octanol–water partition coefficient (Wildman–Crippen LogP) is 1.95. The Morgan fingerprint density at radius 1 is 1.17 bits per heavy atom. The summed E-state index contributed by atoms with van der Waals surface area (Å²) in [5.41, 5.74) is 0.514. The summed E-state index contributed by atoms with van der Waals surface area (Å²) < 4.78 is 7.05. The van der Waals surface area contributed by atoms with Gasteiger partial charge in [0.05, 0.1) is 5.52 Å². The molecule has 1 aromatic carbocycles. The predicted molar refractivity (Wildman–Crippen MR) is 70.0 cm³/mol. The summed E-state index contributed by atoms with van der Waals surface area (Å²) >= 11 is 0. The van der Waals surface area contributed by atoms with Crippen molar-refractivity contribution in [3.8, 4) is 0 Å². The molecule has 0 atom stereocenters. The monoisotopic (exact) mass is 241 g/mol. The fourth-order valence-electron chi connectivity index (χ4n) is 2.24. The molecular weight excluding hydrogens is 230 g/mol. The van der Waals surface area contributed by atoms with Crippen LogP contribution in [0.1, 0.15) is 5.76 Å². The highest BCUT2D eigenvalue weighted by Gasteiger charge is 2.13. The number of hydrogen-bond donors (Lipinski definition) is 0. The second kappa shape index (κ2) is 3.57. The highest BCUT2D eigenvalue weighted by Crippen LogP contribution is 2.20. The maximum atomic E-state index is 12.2. The summed E-state index contributed by atoms with van der Waals surface area (Å²) in [4.78, 5) is 24.1. The van der Waals surface area contributed by atoms with Gasteiger partial charge in [-0.1, -0.05) is 12.1 Å². The van der Waals surface area contributed by atoms with Crippen molar-refractivity contribution in [2.75, 3.05) is 0 Å². The summed E-state index contributed by atoms with van der Waals surface area (Å²) in [7, 11) is 1.66. The minimum absolute atomic E-state index is 0.113. The lowest BCUT2D eigenvalue weighted by molar-refractivity contribution is 0.566. The van der Waals surface area contributed by atoms with Crippen LogP contribution in [0.2, 0.25) is 0 Å². The number of aromatic nitrogens is 1. The zero-order chi connectivity index (χ0) is 12.9. The maximum absolute atomic E-state index is 12.2. The minimum atomic E-state index is -0.322. The van der Waals surface area contributed by atoms with Crippen LogP contribution in [0.15, 0.2) is 44.3 Å². The first kappa shape index (κ1) is 10.8. The average Bonchev–Trinajstić information content (AvgIpc) is 2.35. The summed E-state index contributed by atoms with van der Waals surface area (Å²) in [5.74, 6) is 0.505. The molecule has 18 heavy (non-hydrogen) atoms. The number of fused-ring (bicyclic) bond motifs is 3. The minimum Gasteiger partial charge on any atom is -0.460 e. The van der Waals surface area contributed by atoms with E-state index in [1.54, 1.807) is 14.0 Å². The molecule has 0 aliphatic heterocycles. The van der Waals surface area contributed by atoms with E-state index in [-0.39, 0.29) is 16.4 Å². The fraction of sp³-hybridized carbons (Fsp3) is 0.143. The van der Waals surface area contributed by atoms with Crippen LogP contribution in [0.5, 0.6) is 0 Å². The molecule has 0 amide bonds. The van der Waals surface area contributed by atoms with Gasteiger partial charge in [-0.15, -0.1) is 0 Å². The quantitative estimate of drug-likeness (QED) is 0.565. The van der Waals surface area contributed by atoms with Crippen molar-refractivity contribution in [3.05, 3.63) is 56.7 Å². The lowest BCUT2D eigenvalue weighted by Crippen LogP contribution is -2.22. The van der Waals surface area contributed by atoms with Crippen LogP contribution in [0.25, 0.3) is 21.9 Å². The van der Waals surface area contributed by atoms with Gasteiger partial charge in [0.1, 0.15) is 11.1 Å². The van der Waals surface area contributed by atoms with Gasteiger partial charge in [0, 0.05) is 18.5 Å². The van der Waals surface area contributed by atoms with E-state index >= 15 is 0 Å². The van der Waals surface area contributed by atoms with Crippen molar-refractivity contribution in [1.29, 1.82) is 0 Å². The van der Waals surface area contributed by atoms with E-state index in [4.69, 9.17) is 4.42 Å². The third-order valence-electron chi connectivity index (χ3n) is 3.10. The second-order valence-corrected chi connectivity index (χ2v) is 4.31. The van der Waals surface area contributed by atoms with Crippen LogP contribution in [0.4, 0.5) is 0 Å². The molecule has 3 rings (SSSR count). The standard InChI is InChI=1S/C14H11NO3/c1-8-7-11(16)12-13(18-8)9-5-3-4-6-10(9)15(2)14(12)17/h3-7H,1-2H3. The molecular formula is C14H11NO3. The van der Waals surface area contributed by atoms with E-state index in [0.717, 1.165) is 10.9 Å². The molecule has 4 nitrogen and oxygen atoms in total. The maximum Gasteiger partial charge on any atom is 0.265 e. The van der Waals surface area contributed by atoms with E-state index < -0.39 is 0 Å². The molecule has 4 heteroatoms. The Kier molecular flexibility index (Phi) is 2.13. The van der Waals surface area contributed by atoms with E-state index in [1.165, 1.54) is 10.6 Å². The van der Waals surface area contributed by atoms with Crippen LogP contribution >= 0.6 is 0 Å². The molecule has 3 aromatic rings. The second-order valence-electron chi connectivity index (χ2n) is 4.31. The summed E-state index contributed by atoms with van der Waals surface area (Å²) in [6.07, 6.45) is 0. The molecule has 0 aliphatic rings. The number of hydrogen-bond acceptors (Lipinski definition) is 3. The van der Waals surface area contributed by atoms with Crippen LogP contribution in [0, 0.1) is 6.92 Å². The topological polar surface area (TPSA) is 52.2 Å². The third kappa shape index (κ3) is 1.32. The molecule has 0 N–H and O–H groups in total. The lowest BCUT2D eigenvalue weighted by Gasteiger charge is -2.07. The van der Waals surface area contributed by atoms with Gasteiger partial charge in [-0.25, -0.2) is 0 Å². The van der Waals surface area contributed by atoms with Crippen LogP contribution < -0.4 is 11.0 Å². The molecule has 0 radical (unpaired) electrons. The van der Waals surface area contributed by atoms with Crippen LogP contribution in [0.3, 0.4) is 0 Å². The van der Waals surface area contributed by atoms with Gasteiger partial charge in [0.25, 0.3) is 5.56 Å². The molecule has 0 saturated heterocycles. The SMILES string of the molecule is Cc1cc(=O)c2c(=O)n(C)c3ccccc3c2o1. The van der Waals surface area contributed by atoms with Gasteiger partial charge < -0.3 is 8.98 Å². The van der Waals surface area contributed by atoms with Crippen LogP contribution in [-0.4, -0.2) is 4.57 Å². The summed E-state index contributed by atoms with van der Waals surface area (Å²) in [5, 5.41) is 0.886. The summed E-state index contributed by atoms with van der Waals surface area (Å²) in [6.45, 7) is 1.70. The van der Waals surface area contributed by atoms with Crippen molar-refractivity contribution in [1.82, 2.24) is 4.57 Å². The van der Waals surface area contributed by atoms with Crippen molar-refractivity contribution >= 4 is 21.9 Å². The third-order valence-corrected chi connectivity index (χ3v) is 3.10. The average molecular weight is 241 g/mol. The molecule has 0 fully saturated rings. The fourth-order valence-corrected chi connectivity index (χ4v) is 2.24. The number of aryl methyl sites for hydroxylation is 2. The van der Waals surface area contributed by atoms with Crippen molar-refractivity contribution in [2.24, 2.45) is 7.05 Å². The number of rotatable bonds is 0. The van der Waals surface area contributed by atoms with Gasteiger partial charge >= 0.3 is 0 Å². The van der Waals surface area contributed by atoms with Crippen molar-refractivity contribution < 1.29 is 4.42 Å². The summed E-state index contributed by atoms with van der Waals surface area (Å²) in [6, 6.07) is 8.73. The van der Waals surface area contributed by atoms with E-state index in [2.05, 4.69) is 0 Å². The molecule has 90 valence electrons. The zero-order valence-corrected chi connectivity index (χ0v) is 10.1. The Balaban J connectivity index is 2.79. The lowest BCUT2D eigenvalue weighted by atomic mass is 10.1. The highest BCUT2D eigenvalue weighted by atomic mass is 16.3. The molecule has 2 aromatic heterocycles. The Hall–Kier alpha value is -2.36. The van der Waals surface area contributed by atoms with E-state index in [9.17, 15) is 9.59 Å². The largest absolute Gasteiger partial charge is 0.460 e. The molecule has 0 spiro atoms. The molecule has 0 aliphatic carbocycles. The van der Waals surface area contributed by atoms with Gasteiger partial charge in [-0.3, -0.25) is 9.59 Å².